The second-order valence-electron chi connectivity index (χ2n) is 0. The van der Waals surface area contributed by atoms with Crippen molar-refractivity contribution in [3.8, 4) is 0 Å². The fraction of sp³-hybridized carbons (Fsp3) is 0. The Kier molecular flexibility index (Phi) is 802. The second kappa shape index (κ2) is 75.5. The van der Waals surface area contributed by atoms with Crippen LogP contribution >= 0.6 is 0 Å². The maximum atomic E-state index is 0. The Balaban J connectivity index is 0. The monoisotopic (exact) mass is 425 g/mol. The average molecular weight is 427 g/mol. The molecule has 0 bridgehead atoms. The molecular formula is H8AlCrCuFeMgMnSiTiZn. The van der Waals surface area contributed by atoms with Crippen LogP contribution in [0.25, 0.3) is 0 Å². The summed E-state index contributed by atoms with van der Waals surface area (Å²) in [4.78, 5) is 0. The SMILES string of the molecule is [AlH3].[Cr].[Cu].[Fe].[H-].[H-].[Mg+2].[Mn].[SiH3].[Ti].[Zn]. The Morgan fingerprint density at radius 1 is 1.11 bits per heavy atom. The molecule has 55 valence electrons. The molecular weight excluding hydrogens is 419 g/mol. The first-order valence-electron chi connectivity index (χ1n) is 0. The van der Waals surface area contributed by atoms with Crippen LogP contribution in [-0.2, 0) is 110 Å². The minimum atomic E-state index is 0. The summed E-state index contributed by atoms with van der Waals surface area (Å²) in [6.07, 6.45) is 0. The van der Waals surface area contributed by atoms with Crippen LogP contribution in [0, 0.1) is 0 Å². The summed E-state index contributed by atoms with van der Waals surface area (Å²) in [5.74, 6) is 0. The Labute approximate surface area is 161 Å². The molecule has 0 aliphatic carbocycles. The third kappa shape index (κ3) is 63.4. The first-order chi connectivity index (χ1) is 0. The molecule has 0 aliphatic rings. The molecule has 0 aromatic carbocycles. The van der Waals surface area contributed by atoms with Gasteiger partial charge in [-0.2, -0.15) is 0 Å². The third-order valence-corrected chi connectivity index (χ3v) is 0. The molecule has 0 rings (SSSR count). The van der Waals surface area contributed by atoms with E-state index < -0.39 is 0 Å². The van der Waals surface area contributed by atoms with E-state index >= 15 is 0 Å². The molecule has 9 heavy (non-hydrogen) atoms. The van der Waals surface area contributed by atoms with E-state index in [1.165, 1.54) is 0 Å². The van der Waals surface area contributed by atoms with Crippen LogP contribution < -0.4 is 0 Å². The summed E-state index contributed by atoms with van der Waals surface area (Å²) in [7, 11) is 0. The topological polar surface area (TPSA) is 0 Å². The van der Waals surface area contributed by atoms with E-state index in [2.05, 4.69) is 0 Å². The van der Waals surface area contributed by atoms with E-state index in [0.29, 0.717) is 0 Å². The molecule has 0 nitrogen and oxygen atoms in total. The molecule has 0 aromatic heterocycles. The Morgan fingerprint density at radius 3 is 1.11 bits per heavy atom. The molecule has 0 fully saturated rings. The van der Waals surface area contributed by atoms with Gasteiger partial charge in [0, 0.05) is 110 Å². The van der Waals surface area contributed by atoms with Crippen LogP contribution in [0.5, 0.6) is 0 Å². The van der Waals surface area contributed by atoms with E-state index in [0.717, 1.165) is 0 Å². The molecule has 0 spiro atoms. The molecule has 0 heterocycles. The van der Waals surface area contributed by atoms with Crippen LogP contribution in [0.4, 0.5) is 0 Å². The maximum absolute atomic E-state index is 0. The summed E-state index contributed by atoms with van der Waals surface area (Å²) < 4.78 is 0. The van der Waals surface area contributed by atoms with Crippen molar-refractivity contribution in [1.82, 2.24) is 0 Å². The van der Waals surface area contributed by atoms with Gasteiger partial charge in [-0.1, -0.05) is 0 Å². The number of hydrogen-bond acceptors (Lipinski definition) is 0. The minimum absolute atomic E-state index is 0. The summed E-state index contributed by atoms with van der Waals surface area (Å²) in [5.41, 5.74) is 0. The van der Waals surface area contributed by atoms with Gasteiger partial charge in [-0.25, -0.2) is 0 Å². The van der Waals surface area contributed by atoms with Gasteiger partial charge >= 0.3 is 23.1 Å². The second-order valence-corrected chi connectivity index (χ2v) is 0. The van der Waals surface area contributed by atoms with Gasteiger partial charge in [-0.3, -0.25) is 0 Å². The minimum Gasteiger partial charge on any atom is -1.00 e. The van der Waals surface area contributed by atoms with E-state index in [1.54, 1.807) is 0 Å². The van der Waals surface area contributed by atoms with Gasteiger partial charge in [0.1, 0.15) is 0 Å². The quantitative estimate of drug-likeness (QED) is 0.375. The van der Waals surface area contributed by atoms with Crippen molar-refractivity contribution in [3.05, 3.63) is 0 Å². The van der Waals surface area contributed by atoms with Crippen molar-refractivity contribution in [1.29, 1.82) is 0 Å². The number of hydrogen-bond donors (Lipinski definition) is 0. The van der Waals surface area contributed by atoms with Crippen LogP contribution in [0.3, 0.4) is 0 Å². The van der Waals surface area contributed by atoms with Crippen LogP contribution in [0.15, 0.2) is 0 Å². The summed E-state index contributed by atoms with van der Waals surface area (Å²) in [5, 5.41) is 0. The molecule has 3 radical (unpaired) electrons. The molecule has 9 heteroatoms. The van der Waals surface area contributed by atoms with E-state index in [9.17, 15) is 0 Å². The van der Waals surface area contributed by atoms with Crippen molar-refractivity contribution in [2.45, 2.75) is 0 Å². The predicted molar refractivity (Wildman–Crippen MR) is 27.9 cm³/mol. The Hall–Kier alpha value is 4.94. The summed E-state index contributed by atoms with van der Waals surface area (Å²) in [6.45, 7) is 0. The molecule has 0 amide bonds. The van der Waals surface area contributed by atoms with Gasteiger partial charge in [0.25, 0.3) is 0 Å². The van der Waals surface area contributed by atoms with E-state index in [1.807, 2.05) is 0 Å². The molecule has 0 saturated carbocycles. The molecule has 0 N–H and O–H groups in total. The first kappa shape index (κ1) is 95.6. The zero-order valence-electron chi connectivity index (χ0n) is 6.36. The molecule has 0 aromatic rings. The maximum Gasteiger partial charge on any atom is 2.00 e. The van der Waals surface area contributed by atoms with Crippen molar-refractivity contribution in [2.75, 3.05) is 0 Å². The standard InChI is InChI=1S/Al.Cr.Cu.Fe.Mg.Mn.H3Si.Ti.Zn.5H/h;;;;;;1H3;;;;;;;/q;;;;+2;;;;;;;;2*-1. The van der Waals surface area contributed by atoms with Gasteiger partial charge in [0.15, 0.2) is 17.4 Å². The van der Waals surface area contributed by atoms with Gasteiger partial charge in [-0.15, -0.1) is 0 Å². The van der Waals surface area contributed by atoms with Crippen molar-refractivity contribution in [2.24, 2.45) is 0 Å². The Bertz CT molecular complexity index is 36.1. The van der Waals surface area contributed by atoms with Gasteiger partial charge in [-0.05, 0) is 11.0 Å². The molecule has 0 saturated heterocycles. The normalized spacial score (nSPS) is 0. The van der Waals surface area contributed by atoms with E-state index in [4.69, 9.17) is 0 Å². The smallest absolute Gasteiger partial charge is 1.00 e. The van der Waals surface area contributed by atoms with Gasteiger partial charge in [0.05, 0.1) is 0 Å². The van der Waals surface area contributed by atoms with Crippen LogP contribution in [0.2, 0.25) is 0 Å². The van der Waals surface area contributed by atoms with Crippen LogP contribution in [-0.4, -0.2) is 51.4 Å². The summed E-state index contributed by atoms with van der Waals surface area (Å²) >= 11 is 0. The molecule has 0 aliphatic heterocycles. The average Bonchev–Trinajstić information content (AvgIpc) is 0. The van der Waals surface area contributed by atoms with Crippen molar-refractivity contribution in [3.63, 3.8) is 0 Å². The summed E-state index contributed by atoms with van der Waals surface area (Å²) in [6, 6.07) is 0. The van der Waals surface area contributed by atoms with Gasteiger partial charge < -0.3 is 2.85 Å². The predicted octanol–water partition coefficient (Wildman–Crippen LogP) is -2.54. The Morgan fingerprint density at radius 2 is 1.11 bits per heavy atom. The first-order valence-corrected chi connectivity index (χ1v) is 0. The largest absolute Gasteiger partial charge is 2.00 e. The van der Waals surface area contributed by atoms with Crippen molar-refractivity contribution < 1.29 is 113 Å². The van der Waals surface area contributed by atoms with Crippen LogP contribution in [0.1, 0.15) is 2.85 Å². The fourth-order valence-electron chi connectivity index (χ4n) is 0. The number of rotatable bonds is 0. The molecule has 0 unspecified atom stereocenters. The third-order valence-electron chi connectivity index (χ3n) is 0. The zero-order chi connectivity index (χ0) is 0. The fourth-order valence-corrected chi connectivity index (χ4v) is 0. The van der Waals surface area contributed by atoms with Crippen molar-refractivity contribution >= 4 is 51.4 Å². The zero-order valence-corrected chi connectivity index (χ0v) is 16.8. The molecule has 0 atom stereocenters. The van der Waals surface area contributed by atoms with E-state index in [-0.39, 0.29) is 164 Å². The van der Waals surface area contributed by atoms with Gasteiger partial charge in [0.2, 0.25) is 0 Å².